The lowest BCUT2D eigenvalue weighted by atomic mass is 10.1. The maximum atomic E-state index is 12.2. The minimum absolute atomic E-state index is 0.116. The number of nitrogens with one attached hydrogen (secondary N) is 3. The highest BCUT2D eigenvalue weighted by molar-refractivity contribution is 7.80. The maximum Gasteiger partial charge on any atom is 0.251 e. The number of anilines is 1. The molecule has 0 radical (unpaired) electrons. The summed E-state index contributed by atoms with van der Waals surface area (Å²) in [5, 5.41) is 8.70. The van der Waals surface area contributed by atoms with Crippen molar-refractivity contribution in [1.82, 2.24) is 10.6 Å². The normalized spacial score (nSPS) is 10.3. The molecule has 0 aliphatic carbocycles. The average Bonchev–Trinajstić information content (AvgIpc) is 2.60. The minimum Gasteiger partial charge on any atom is -0.348 e. The summed E-state index contributed by atoms with van der Waals surface area (Å²) in [5.74, 6) is 0.00843. The smallest absolute Gasteiger partial charge is 0.251 e. The largest absolute Gasteiger partial charge is 0.348 e. The van der Waals surface area contributed by atoms with Crippen LogP contribution in [0.1, 0.15) is 36.2 Å². The third-order valence-electron chi connectivity index (χ3n) is 3.55. The molecule has 2 amide bonds. The van der Waals surface area contributed by atoms with Gasteiger partial charge < -0.3 is 16.0 Å². The van der Waals surface area contributed by atoms with Gasteiger partial charge in [-0.15, -0.1) is 0 Å². The number of benzene rings is 2. The van der Waals surface area contributed by atoms with Crippen LogP contribution in [0, 0.1) is 5.92 Å². The van der Waals surface area contributed by atoms with Crippen LogP contribution < -0.4 is 16.0 Å². The summed E-state index contributed by atoms with van der Waals surface area (Å²) >= 11 is 5.12. The second-order valence-corrected chi connectivity index (χ2v) is 6.75. The van der Waals surface area contributed by atoms with Crippen LogP contribution in [-0.2, 0) is 11.3 Å². The van der Waals surface area contributed by atoms with Gasteiger partial charge in [-0.3, -0.25) is 9.59 Å². The Bertz CT molecular complexity index is 758. The summed E-state index contributed by atoms with van der Waals surface area (Å²) in [4.78, 5) is 23.9. The van der Waals surface area contributed by atoms with Crippen LogP contribution in [0.5, 0.6) is 0 Å². The van der Waals surface area contributed by atoms with Crippen molar-refractivity contribution in [2.45, 2.75) is 26.8 Å². The summed E-state index contributed by atoms with van der Waals surface area (Å²) in [6.07, 6.45) is 0.419. The number of thiocarbonyl (C=S) groups is 1. The van der Waals surface area contributed by atoms with Crippen LogP contribution in [0.2, 0.25) is 0 Å². The van der Waals surface area contributed by atoms with Crippen molar-refractivity contribution >= 4 is 34.8 Å². The van der Waals surface area contributed by atoms with Crippen LogP contribution in [0.3, 0.4) is 0 Å². The van der Waals surface area contributed by atoms with Gasteiger partial charge in [-0.25, -0.2) is 0 Å². The van der Waals surface area contributed by atoms with Gasteiger partial charge in [0.05, 0.1) is 0 Å². The first-order chi connectivity index (χ1) is 12.4. The van der Waals surface area contributed by atoms with Crippen LogP contribution in [0.15, 0.2) is 54.6 Å². The lowest BCUT2D eigenvalue weighted by Crippen LogP contribution is -2.34. The standard InChI is InChI=1S/C20H23N3O2S/c1-14(2)12-18(24)23-20(26)22-17-10-8-16(9-11-17)19(25)21-13-15-6-4-3-5-7-15/h3-11,14H,12-13H2,1-2H3,(H,21,25)(H2,22,23,24,26). The molecule has 2 aromatic rings. The molecule has 3 N–H and O–H groups in total. The first kappa shape index (κ1) is 19.6. The van der Waals surface area contributed by atoms with Crippen LogP contribution >= 0.6 is 12.2 Å². The molecule has 2 rings (SSSR count). The summed E-state index contributed by atoms with van der Waals surface area (Å²) in [5.41, 5.74) is 2.31. The fraction of sp³-hybridized carbons (Fsp3) is 0.250. The molecule has 0 unspecified atom stereocenters. The van der Waals surface area contributed by atoms with Gasteiger partial charge in [-0.05, 0) is 48.0 Å². The third kappa shape index (κ3) is 6.64. The Hall–Kier alpha value is -2.73. The zero-order chi connectivity index (χ0) is 18.9. The van der Waals surface area contributed by atoms with E-state index in [1.165, 1.54) is 0 Å². The number of hydrogen-bond acceptors (Lipinski definition) is 3. The monoisotopic (exact) mass is 369 g/mol. The number of hydrogen-bond donors (Lipinski definition) is 3. The predicted molar refractivity (Wildman–Crippen MR) is 108 cm³/mol. The zero-order valence-electron chi connectivity index (χ0n) is 14.9. The van der Waals surface area contributed by atoms with E-state index in [2.05, 4.69) is 16.0 Å². The Morgan fingerprint density at radius 1 is 1.00 bits per heavy atom. The highest BCUT2D eigenvalue weighted by atomic mass is 32.1. The van der Waals surface area contributed by atoms with Crippen LogP contribution in [0.25, 0.3) is 0 Å². The molecule has 0 atom stereocenters. The lowest BCUT2D eigenvalue weighted by Gasteiger charge is -2.11. The third-order valence-corrected chi connectivity index (χ3v) is 3.75. The first-order valence-electron chi connectivity index (χ1n) is 8.47. The second-order valence-electron chi connectivity index (χ2n) is 6.35. The van der Waals surface area contributed by atoms with Gasteiger partial charge in [0.25, 0.3) is 5.91 Å². The molecule has 5 nitrogen and oxygen atoms in total. The van der Waals surface area contributed by atoms with Crippen LogP contribution in [0.4, 0.5) is 5.69 Å². The Morgan fingerprint density at radius 3 is 2.27 bits per heavy atom. The van der Waals surface area contributed by atoms with E-state index in [1.54, 1.807) is 24.3 Å². The molecule has 2 aromatic carbocycles. The summed E-state index contributed by atoms with van der Waals surface area (Å²) in [6.45, 7) is 4.42. The quantitative estimate of drug-likeness (QED) is 0.682. The van der Waals surface area contributed by atoms with Gasteiger partial charge in [0.1, 0.15) is 0 Å². The van der Waals surface area contributed by atoms with Gasteiger partial charge in [0.15, 0.2) is 5.11 Å². The number of carbonyl (C=O) groups excluding carboxylic acids is 2. The van der Waals surface area contributed by atoms with Gasteiger partial charge in [-0.1, -0.05) is 44.2 Å². The van der Waals surface area contributed by atoms with E-state index in [1.807, 2.05) is 44.2 Å². The summed E-state index contributed by atoms with van der Waals surface area (Å²) < 4.78 is 0. The SMILES string of the molecule is CC(C)CC(=O)NC(=S)Nc1ccc(C(=O)NCc2ccccc2)cc1. The highest BCUT2D eigenvalue weighted by Gasteiger charge is 2.08. The molecule has 6 heteroatoms. The van der Waals surface area contributed by atoms with Gasteiger partial charge in [-0.2, -0.15) is 0 Å². The molecular formula is C20H23N3O2S. The molecule has 136 valence electrons. The highest BCUT2D eigenvalue weighted by Crippen LogP contribution is 2.10. The molecule has 0 aliphatic heterocycles. The van der Waals surface area contributed by atoms with E-state index in [9.17, 15) is 9.59 Å². The molecule has 0 saturated heterocycles. The van der Waals surface area contributed by atoms with E-state index >= 15 is 0 Å². The van der Waals surface area contributed by atoms with Crippen molar-refractivity contribution in [2.75, 3.05) is 5.32 Å². The van der Waals surface area contributed by atoms with Crippen molar-refractivity contribution in [3.8, 4) is 0 Å². The maximum absolute atomic E-state index is 12.2. The fourth-order valence-corrected chi connectivity index (χ4v) is 2.53. The van der Waals surface area contributed by atoms with Gasteiger partial charge in [0, 0.05) is 24.2 Å². The molecule has 0 spiro atoms. The van der Waals surface area contributed by atoms with E-state index in [0.29, 0.717) is 24.2 Å². The Balaban J connectivity index is 1.84. The number of carbonyl (C=O) groups is 2. The van der Waals surface area contributed by atoms with Gasteiger partial charge in [0.2, 0.25) is 5.91 Å². The molecule has 0 aromatic heterocycles. The summed E-state index contributed by atoms with van der Waals surface area (Å²) in [6, 6.07) is 16.6. The number of amides is 2. The molecule has 0 saturated carbocycles. The molecule has 0 aliphatic rings. The Morgan fingerprint density at radius 2 is 1.65 bits per heavy atom. The average molecular weight is 369 g/mol. The fourth-order valence-electron chi connectivity index (χ4n) is 2.30. The van der Waals surface area contributed by atoms with Gasteiger partial charge >= 0.3 is 0 Å². The molecular weight excluding hydrogens is 346 g/mol. The van der Waals surface area contributed by atoms with E-state index in [0.717, 1.165) is 5.56 Å². The number of rotatable bonds is 6. The lowest BCUT2D eigenvalue weighted by molar-refractivity contribution is -0.120. The summed E-state index contributed by atoms with van der Waals surface area (Å²) in [7, 11) is 0. The molecule has 0 bridgehead atoms. The van der Waals surface area contributed by atoms with Crippen molar-refractivity contribution in [3.05, 3.63) is 65.7 Å². The Labute approximate surface area is 159 Å². The zero-order valence-corrected chi connectivity index (χ0v) is 15.7. The van der Waals surface area contributed by atoms with Crippen LogP contribution in [-0.4, -0.2) is 16.9 Å². The molecule has 0 fully saturated rings. The van der Waals surface area contributed by atoms with Crippen molar-refractivity contribution in [3.63, 3.8) is 0 Å². The molecule has 26 heavy (non-hydrogen) atoms. The van der Waals surface area contributed by atoms with E-state index in [-0.39, 0.29) is 22.8 Å². The predicted octanol–water partition coefficient (Wildman–Crippen LogP) is 3.48. The van der Waals surface area contributed by atoms with Crippen molar-refractivity contribution in [1.29, 1.82) is 0 Å². The van der Waals surface area contributed by atoms with Crippen molar-refractivity contribution in [2.24, 2.45) is 5.92 Å². The van der Waals surface area contributed by atoms with E-state index < -0.39 is 0 Å². The molecule has 0 heterocycles. The Kier molecular flexibility index (Phi) is 7.29. The van der Waals surface area contributed by atoms with Crippen molar-refractivity contribution < 1.29 is 9.59 Å². The van der Waals surface area contributed by atoms with E-state index in [4.69, 9.17) is 12.2 Å². The first-order valence-corrected chi connectivity index (χ1v) is 8.88. The topological polar surface area (TPSA) is 70.2 Å². The second kappa shape index (κ2) is 9.68. The minimum atomic E-state index is -0.145.